The summed E-state index contributed by atoms with van der Waals surface area (Å²) in [5.41, 5.74) is 2.61. The summed E-state index contributed by atoms with van der Waals surface area (Å²) in [6.45, 7) is 6.54. The Morgan fingerprint density at radius 1 is 1.25 bits per heavy atom. The summed E-state index contributed by atoms with van der Waals surface area (Å²) in [4.78, 5) is 16.7. The Kier molecular flexibility index (Phi) is 5.23. The van der Waals surface area contributed by atoms with Crippen molar-refractivity contribution in [2.24, 2.45) is 5.41 Å². The van der Waals surface area contributed by atoms with Gasteiger partial charge in [-0.25, -0.2) is 4.79 Å². The van der Waals surface area contributed by atoms with E-state index in [-0.39, 0.29) is 11.5 Å². The zero-order valence-corrected chi connectivity index (χ0v) is 17.8. The number of piperidine rings is 1. The third-order valence-corrected chi connectivity index (χ3v) is 7.40. The number of ether oxygens (including phenoxy) is 1. The van der Waals surface area contributed by atoms with Crippen LogP contribution in [0.5, 0.6) is 5.75 Å². The molecule has 0 radical (unpaired) electrons. The van der Waals surface area contributed by atoms with E-state index >= 15 is 0 Å². The SMILES string of the molecule is CN1CCC(Oc2ccccc2-c2sc3c(c2C(=O)O)CC(C)(C)CC3)CC1. The van der Waals surface area contributed by atoms with Crippen LogP contribution in [0, 0.1) is 5.41 Å². The Hall–Kier alpha value is -1.85. The highest BCUT2D eigenvalue weighted by atomic mass is 32.1. The average Bonchev–Trinajstić information content (AvgIpc) is 3.01. The van der Waals surface area contributed by atoms with Crippen molar-refractivity contribution >= 4 is 17.3 Å². The molecular weight excluding hydrogens is 370 g/mol. The van der Waals surface area contributed by atoms with E-state index in [2.05, 4.69) is 25.8 Å². The number of carboxylic acids is 1. The van der Waals surface area contributed by atoms with Crippen LogP contribution in [0.2, 0.25) is 0 Å². The molecule has 1 aliphatic carbocycles. The highest BCUT2D eigenvalue weighted by molar-refractivity contribution is 7.16. The molecule has 0 bridgehead atoms. The summed E-state index contributed by atoms with van der Waals surface area (Å²) in [6.07, 6.45) is 5.10. The number of benzene rings is 1. The highest BCUT2D eigenvalue weighted by Gasteiger charge is 2.33. The minimum atomic E-state index is -0.820. The largest absolute Gasteiger partial charge is 0.490 e. The highest BCUT2D eigenvalue weighted by Crippen LogP contribution is 2.47. The molecule has 2 aliphatic rings. The molecule has 4 nitrogen and oxygen atoms in total. The summed E-state index contributed by atoms with van der Waals surface area (Å²) in [6, 6.07) is 7.96. The third-order valence-electron chi connectivity index (χ3n) is 6.08. The first-order chi connectivity index (χ1) is 13.3. The van der Waals surface area contributed by atoms with Crippen LogP contribution in [0.4, 0.5) is 0 Å². The van der Waals surface area contributed by atoms with Crippen LogP contribution < -0.4 is 4.74 Å². The predicted octanol–water partition coefficient (Wildman–Crippen LogP) is 5.10. The lowest BCUT2D eigenvalue weighted by Gasteiger charge is -2.30. The Morgan fingerprint density at radius 2 is 1.96 bits per heavy atom. The molecule has 1 aliphatic heterocycles. The fourth-order valence-electron chi connectivity index (χ4n) is 4.38. The summed E-state index contributed by atoms with van der Waals surface area (Å²) in [5, 5.41) is 10.0. The molecule has 2 aromatic rings. The molecule has 1 saturated heterocycles. The van der Waals surface area contributed by atoms with Crippen molar-refractivity contribution in [3.8, 4) is 16.2 Å². The molecule has 0 spiro atoms. The van der Waals surface area contributed by atoms with Gasteiger partial charge in [-0.05, 0) is 62.3 Å². The number of nitrogens with zero attached hydrogens (tertiary/aromatic N) is 1. The minimum absolute atomic E-state index is 0.152. The number of aryl methyl sites for hydroxylation is 1. The Bertz CT molecular complexity index is 878. The van der Waals surface area contributed by atoms with Gasteiger partial charge in [-0.3, -0.25) is 0 Å². The van der Waals surface area contributed by atoms with E-state index in [1.54, 1.807) is 11.3 Å². The standard InChI is InChI=1S/C23H29NO3S/c1-23(2)11-8-19-17(14-23)20(22(25)26)21(28-19)16-6-4-5-7-18(16)27-15-9-12-24(3)13-10-15/h4-7,15H,8-14H2,1-3H3,(H,25,26). The van der Waals surface area contributed by atoms with Crippen LogP contribution in [0.15, 0.2) is 24.3 Å². The van der Waals surface area contributed by atoms with Crippen molar-refractivity contribution in [1.82, 2.24) is 4.90 Å². The molecule has 28 heavy (non-hydrogen) atoms. The van der Waals surface area contributed by atoms with E-state index in [0.717, 1.165) is 66.9 Å². The van der Waals surface area contributed by atoms with Crippen molar-refractivity contribution in [3.63, 3.8) is 0 Å². The number of fused-ring (bicyclic) bond motifs is 1. The van der Waals surface area contributed by atoms with Crippen LogP contribution in [0.3, 0.4) is 0 Å². The molecule has 1 fully saturated rings. The van der Waals surface area contributed by atoms with Gasteiger partial charge in [-0.1, -0.05) is 26.0 Å². The molecule has 1 N–H and O–H groups in total. The first-order valence-electron chi connectivity index (χ1n) is 10.2. The fraction of sp³-hybridized carbons (Fsp3) is 0.522. The number of carboxylic acid groups (broad SMARTS) is 1. The maximum atomic E-state index is 12.2. The average molecular weight is 400 g/mol. The normalized spacial score (nSPS) is 20.0. The Labute approximate surface area is 171 Å². The molecule has 0 unspecified atom stereocenters. The molecule has 0 atom stereocenters. The minimum Gasteiger partial charge on any atom is -0.490 e. The second-order valence-electron chi connectivity index (χ2n) is 8.97. The number of para-hydroxylation sites is 1. The Morgan fingerprint density at radius 3 is 2.68 bits per heavy atom. The van der Waals surface area contributed by atoms with Crippen molar-refractivity contribution in [3.05, 3.63) is 40.3 Å². The summed E-state index contributed by atoms with van der Waals surface area (Å²) in [7, 11) is 2.14. The maximum Gasteiger partial charge on any atom is 0.337 e. The van der Waals surface area contributed by atoms with E-state index in [1.807, 2.05) is 24.3 Å². The van der Waals surface area contributed by atoms with Crippen LogP contribution >= 0.6 is 11.3 Å². The van der Waals surface area contributed by atoms with Gasteiger partial charge in [0.25, 0.3) is 0 Å². The van der Waals surface area contributed by atoms with Crippen molar-refractivity contribution in [2.75, 3.05) is 20.1 Å². The van der Waals surface area contributed by atoms with E-state index in [9.17, 15) is 9.90 Å². The van der Waals surface area contributed by atoms with Crippen molar-refractivity contribution in [2.45, 2.75) is 52.1 Å². The molecule has 1 aromatic carbocycles. The van der Waals surface area contributed by atoms with Crippen LogP contribution in [-0.4, -0.2) is 42.2 Å². The molecule has 0 amide bonds. The van der Waals surface area contributed by atoms with Crippen LogP contribution in [0.1, 0.15) is 53.9 Å². The van der Waals surface area contributed by atoms with Gasteiger partial charge in [0.05, 0.1) is 10.4 Å². The molecule has 2 heterocycles. The van der Waals surface area contributed by atoms with Gasteiger partial charge in [-0.15, -0.1) is 11.3 Å². The molecule has 4 rings (SSSR count). The number of rotatable bonds is 4. The number of aromatic carboxylic acids is 1. The van der Waals surface area contributed by atoms with Gasteiger partial charge in [0.2, 0.25) is 0 Å². The molecule has 1 aromatic heterocycles. The Balaban J connectivity index is 1.72. The second kappa shape index (κ2) is 7.53. The predicted molar refractivity (Wildman–Crippen MR) is 114 cm³/mol. The van der Waals surface area contributed by atoms with E-state index < -0.39 is 5.97 Å². The maximum absolute atomic E-state index is 12.2. The molecule has 0 saturated carbocycles. The topological polar surface area (TPSA) is 49.8 Å². The quantitative estimate of drug-likeness (QED) is 0.777. The van der Waals surface area contributed by atoms with Crippen molar-refractivity contribution in [1.29, 1.82) is 0 Å². The van der Waals surface area contributed by atoms with E-state index in [4.69, 9.17) is 4.74 Å². The monoisotopic (exact) mass is 399 g/mol. The lowest BCUT2D eigenvalue weighted by molar-refractivity contribution is 0.0696. The van der Waals surface area contributed by atoms with Gasteiger partial charge in [-0.2, -0.15) is 0 Å². The van der Waals surface area contributed by atoms with E-state index in [1.165, 1.54) is 4.88 Å². The van der Waals surface area contributed by atoms with Crippen LogP contribution in [-0.2, 0) is 12.8 Å². The van der Waals surface area contributed by atoms with Gasteiger partial charge in [0.1, 0.15) is 11.9 Å². The zero-order valence-electron chi connectivity index (χ0n) is 17.0. The van der Waals surface area contributed by atoms with E-state index in [0.29, 0.717) is 5.56 Å². The molecule has 5 heteroatoms. The number of hydrogen-bond acceptors (Lipinski definition) is 4. The third kappa shape index (κ3) is 3.83. The number of thiophene rings is 1. The molecule has 150 valence electrons. The lowest BCUT2D eigenvalue weighted by Crippen LogP contribution is -2.35. The second-order valence-corrected chi connectivity index (χ2v) is 10.1. The van der Waals surface area contributed by atoms with Gasteiger partial charge >= 0.3 is 5.97 Å². The van der Waals surface area contributed by atoms with Crippen LogP contribution in [0.25, 0.3) is 10.4 Å². The van der Waals surface area contributed by atoms with Gasteiger partial charge in [0.15, 0.2) is 0 Å². The summed E-state index contributed by atoms with van der Waals surface area (Å²) in [5.74, 6) is -0.00305. The van der Waals surface area contributed by atoms with Gasteiger partial charge in [0, 0.05) is 23.5 Å². The molecular formula is C23H29NO3S. The summed E-state index contributed by atoms with van der Waals surface area (Å²) >= 11 is 1.65. The van der Waals surface area contributed by atoms with Crippen molar-refractivity contribution < 1.29 is 14.6 Å². The number of hydrogen-bond donors (Lipinski definition) is 1. The first-order valence-corrected chi connectivity index (χ1v) is 11.0. The number of carbonyl (C=O) groups is 1. The summed E-state index contributed by atoms with van der Waals surface area (Å²) < 4.78 is 6.38. The smallest absolute Gasteiger partial charge is 0.337 e. The van der Waals surface area contributed by atoms with Gasteiger partial charge < -0.3 is 14.7 Å². The zero-order chi connectivity index (χ0) is 19.9. The number of likely N-dealkylation sites (tertiary alicyclic amines) is 1. The lowest BCUT2D eigenvalue weighted by atomic mass is 9.76. The first kappa shape index (κ1) is 19.5. The fourth-order valence-corrected chi connectivity index (χ4v) is 5.71.